The molecule has 1 amide bonds. The SMILES string of the molecule is O=C(NCCO)c1ncc(-c2ccc(C(F)(F)F)cc2)c(NC2CCCCCC2)n1. The van der Waals surface area contributed by atoms with Gasteiger partial charge in [0.05, 0.1) is 12.2 Å². The summed E-state index contributed by atoms with van der Waals surface area (Å²) in [6.07, 6.45) is 3.47. The monoisotopic (exact) mass is 422 g/mol. The van der Waals surface area contributed by atoms with Gasteiger partial charge in [0.15, 0.2) is 0 Å². The zero-order chi connectivity index (χ0) is 21.6. The third kappa shape index (κ3) is 5.69. The average Bonchev–Trinajstić information content (AvgIpc) is 3.00. The Kier molecular flexibility index (Phi) is 7.25. The van der Waals surface area contributed by atoms with Crippen molar-refractivity contribution in [2.75, 3.05) is 18.5 Å². The third-order valence-electron chi connectivity index (χ3n) is 5.11. The van der Waals surface area contributed by atoms with Gasteiger partial charge in [-0.2, -0.15) is 13.2 Å². The number of benzene rings is 1. The summed E-state index contributed by atoms with van der Waals surface area (Å²) in [7, 11) is 0. The fourth-order valence-corrected chi connectivity index (χ4v) is 3.52. The minimum absolute atomic E-state index is 0.0600. The smallest absolute Gasteiger partial charge is 0.395 e. The molecule has 6 nitrogen and oxygen atoms in total. The van der Waals surface area contributed by atoms with Crippen LogP contribution in [0.5, 0.6) is 0 Å². The largest absolute Gasteiger partial charge is 0.416 e. The van der Waals surface area contributed by atoms with Crippen molar-refractivity contribution in [1.29, 1.82) is 0 Å². The number of rotatable bonds is 6. The second-order valence-corrected chi connectivity index (χ2v) is 7.34. The highest BCUT2D eigenvalue weighted by molar-refractivity contribution is 5.91. The zero-order valence-corrected chi connectivity index (χ0v) is 16.5. The van der Waals surface area contributed by atoms with Gasteiger partial charge in [-0.3, -0.25) is 4.79 Å². The van der Waals surface area contributed by atoms with Gasteiger partial charge in [0.25, 0.3) is 5.91 Å². The maximum absolute atomic E-state index is 12.9. The quantitative estimate of drug-likeness (QED) is 0.612. The molecule has 1 saturated carbocycles. The van der Waals surface area contributed by atoms with Crippen LogP contribution in [0, 0.1) is 0 Å². The lowest BCUT2D eigenvalue weighted by molar-refractivity contribution is -0.137. The minimum atomic E-state index is -4.41. The number of carbonyl (C=O) groups excluding carboxylic acids is 1. The van der Waals surface area contributed by atoms with Gasteiger partial charge in [-0.15, -0.1) is 0 Å². The van der Waals surface area contributed by atoms with Crippen LogP contribution in [0.15, 0.2) is 30.5 Å². The van der Waals surface area contributed by atoms with Crippen molar-refractivity contribution >= 4 is 11.7 Å². The molecule has 3 rings (SSSR count). The summed E-state index contributed by atoms with van der Waals surface area (Å²) in [5.74, 6) is -0.159. The van der Waals surface area contributed by atoms with Crippen molar-refractivity contribution in [2.45, 2.75) is 50.7 Å². The normalized spacial score (nSPS) is 15.5. The molecule has 0 saturated heterocycles. The molecule has 1 aromatic heterocycles. The van der Waals surface area contributed by atoms with E-state index in [9.17, 15) is 18.0 Å². The Labute approximate surface area is 172 Å². The van der Waals surface area contributed by atoms with Crippen LogP contribution >= 0.6 is 0 Å². The second-order valence-electron chi connectivity index (χ2n) is 7.34. The summed E-state index contributed by atoms with van der Waals surface area (Å²) < 4.78 is 38.7. The lowest BCUT2D eigenvalue weighted by Gasteiger charge is -2.20. The molecule has 3 N–H and O–H groups in total. The van der Waals surface area contributed by atoms with Gasteiger partial charge < -0.3 is 15.7 Å². The van der Waals surface area contributed by atoms with Crippen molar-refractivity contribution in [3.8, 4) is 11.1 Å². The second kappa shape index (κ2) is 9.88. The lowest BCUT2D eigenvalue weighted by atomic mass is 10.0. The van der Waals surface area contributed by atoms with E-state index in [-0.39, 0.29) is 25.0 Å². The van der Waals surface area contributed by atoms with E-state index < -0.39 is 17.6 Å². The molecular formula is C21H25F3N4O2. The number of hydrogen-bond donors (Lipinski definition) is 3. The summed E-state index contributed by atoms with van der Waals surface area (Å²) in [4.78, 5) is 20.6. The summed E-state index contributed by atoms with van der Waals surface area (Å²) in [6.45, 7) is -0.128. The Morgan fingerprint density at radius 3 is 2.37 bits per heavy atom. The van der Waals surface area contributed by atoms with Gasteiger partial charge >= 0.3 is 6.18 Å². The first-order chi connectivity index (χ1) is 14.4. The molecule has 30 heavy (non-hydrogen) atoms. The maximum atomic E-state index is 12.9. The number of alkyl halides is 3. The molecule has 0 bridgehead atoms. The van der Waals surface area contributed by atoms with E-state index in [1.165, 1.54) is 31.2 Å². The van der Waals surface area contributed by atoms with Gasteiger partial charge in [-0.25, -0.2) is 9.97 Å². The van der Waals surface area contributed by atoms with E-state index in [4.69, 9.17) is 5.11 Å². The van der Waals surface area contributed by atoms with Crippen molar-refractivity contribution in [1.82, 2.24) is 15.3 Å². The molecule has 162 valence electrons. The summed E-state index contributed by atoms with van der Waals surface area (Å²) in [5, 5.41) is 14.8. The number of carbonyl (C=O) groups is 1. The highest BCUT2D eigenvalue weighted by Crippen LogP contribution is 2.33. The molecule has 0 spiro atoms. The Hall–Kier alpha value is -2.68. The molecular weight excluding hydrogens is 397 g/mol. The number of anilines is 1. The zero-order valence-electron chi connectivity index (χ0n) is 16.5. The van der Waals surface area contributed by atoms with E-state index >= 15 is 0 Å². The number of nitrogens with one attached hydrogen (secondary N) is 2. The van der Waals surface area contributed by atoms with E-state index in [1.54, 1.807) is 0 Å². The number of aliphatic hydroxyl groups is 1. The lowest BCUT2D eigenvalue weighted by Crippen LogP contribution is -2.29. The minimum Gasteiger partial charge on any atom is -0.395 e. The Bertz CT molecular complexity index is 848. The number of amides is 1. The van der Waals surface area contributed by atoms with Gasteiger partial charge in [-0.05, 0) is 30.5 Å². The standard InChI is InChI=1S/C21H25F3N4O2/c22-21(23,24)15-9-7-14(8-10-15)17-13-26-19(20(30)25-11-12-29)28-18(17)27-16-5-3-1-2-4-6-16/h7-10,13,16,29H,1-6,11-12H2,(H,25,30)(H,26,27,28). The molecule has 0 aliphatic heterocycles. The summed E-state index contributed by atoms with van der Waals surface area (Å²) >= 11 is 0. The fraction of sp³-hybridized carbons (Fsp3) is 0.476. The molecule has 0 atom stereocenters. The molecule has 0 radical (unpaired) electrons. The molecule has 1 aliphatic rings. The Balaban J connectivity index is 1.92. The van der Waals surface area contributed by atoms with Gasteiger partial charge in [0.1, 0.15) is 5.82 Å². The van der Waals surface area contributed by atoms with Crippen LogP contribution < -0.4 is 10.6 Å². The van der Waals surface area contributed by atoms with Crippen LogP contribution in [0.2, 0.25) is 0 Å². The van der Waals surface area contributed by atoms with Gasteiger partial charge in [-0.1, -0.05) is 37.8 Å². The maximum Gasteiger partial charge on any atom is 0.416 e. The summed E-state index contributed by atoms with van der Waals surface area (Å²) in [6, 6.07) is 4.97. The predicted octanol–water partition coefficient (Wildman–Crippen LogP) is 4.02. The van der Waals surface area contributed by atoms with Crippen LogP contribution in [0.3, 0.4) is 0 Å². The number of nitrogens with zero attached hydrogens (tertiary/aromatic N) is 2. The molecule has 1 aliphatic carbocycles. The first kappa shape index (κ1) is 22.0. The molecule has 2 aromatic rings. The fourth-order valence-electron chi connectivity index (χ4n) is 3.52. The van der Waals surface area contributed by atoms with E-state index in [1.807, 2.05) is 0 Å². The van der Waals surface area contributed by atoms with E-state index in [2.05, 4.69) is 20.6 Å². The number of halogens is 3. The molecule has 1 heterocycles. The van der Waals surface area contributed by atoms with Crippen molar-refractivity contribution in [3.63, 3.8) is 0 Å². The van der Waals surface area contributed by atoms with Gasteiger partial charge in [0.2, 0.25) is 5.82 Å². The topological polar surface area (TPSA) is 87.1 Å². The summed E-state index contributed by atoms with van der Waals surface area (Å²) in [5.41, 5.74) is 0.332. The highest BCUT2D eigenvalue weighted by atomic mass is 19.4. The van der Waals surface area contributed by atoms with Crippen LogP contribution in [0.25, 0.3) is 11.1 Å². The Morgan fingerprint density at radius 2 is 1.77 bits per heavy atom. The molecule has 1 aromatic carbocycles. The number of aromatic nitrogens is 2. The molecule has 1 fully saturated rings. The Morgan fingerprint density at radius 1 is 1.10 bits per heavy atom. The van der Waals surface area contributed by atoms with Crippen molar-refractivity contribution in [2.24, 2.45) is 0 Å². The van der Waals surface area contributed by atoms with Crippen molar-refractivity contribution < 1.29 is 23.1 Å². The molecule has 9 heteroatoms. The van der Waals surface area contributed by atoms with Gasteiger partial charge in [0, 0.05) is 24.3 Å². The van der Waals surface area contributed by atoms with Crippen LogP contribution in [0.4, 0.5) is 19.0 Å². The van der Waals surface area contributed by atoms with E-state index in [0.717, 1.165) is 37.8 Å². The number of hydrogen-bond acceptors (Lipinski definition) is 5. The van der Waals surface area contributed by atoms with Crippen LogP contribution in [-0.2, 0) is 6.18 Å². The van der Waals surface area contributed by atoms with Crippen LogP contribution in [-0.4, -0.2) is 40.2 Å². The number of aliphatic hydroxyl groups excluding tert-OH is 1. The highest BCUT2D eigenvalue weighted by Gasteiger charge is 2.30. The first-order valence-electron chi connectivity index (χ1n) is 10.1. The van der Waals surface area contributed by atoms with E-state index in [0.29, 0.717) is 16.9 Å². The van der Waals surface area contributed by atoms with Crippen LogP contribution in [0.1, 0.15) is 54.7 Å². The van der Waals surface area contributed by atoms with Crippen molar-refractivity contribution in [3.05, 3.63) is 41.9 Å². The average molecular weight is 422 g/mol. The predicted molar refractivity (Wildman–Crippen MR) is 107 cm³/mol. The third-order valence-corrected chi connectivity index (χ3v) is 5.11. The first-order valence-corrected chi connectivity index (χ1v) is 10.1. The molecule has 0 unspecified atom stereocenters.